The molecule has 1 heterocycles. The molecule has 0 aliphatic rings. The van der Waals surface area contributed by atoms with Crippen LogP contribution in [0.4, 0.5) is 0 Å². The lowest BCUT2D eigenvalue weighted by Gasteiger charge is -2.07. The van der Waals surface area contributed by atoms with E-state index in [4.69, 9.17) is 9.47 Å². The van der Waals surface area contributed by atoms with Crippen molar-refractivity contribution in [2.24, 2.45) is 0 Å². The Morgan fingerprint density at radius 3 is 2.53 bits per heavy atom. The average Bonchev–Trinajstić information content (AvgIpc) is 2.26. The van der Waals surface area contributed by atoms with Gasteiger partial charge in [-0.25, -0.2) is 4.98 Å². The van der Waals surface area contributed by atoms with Crippen molar-refractivity contribution in [3.8, 4) is 11.9 Å². The van der Waals surface area contributed by atoms with Crippen LogP contribution in [0.2, 0.25) is 0 Å². The number of nitrogens with zero attached hydrogens (tertiary/aromatic N) is 2. The summed E-state index contributed by atoms with van der Waals surface area (Å²) in [7, 11) is 0. The molecule has 15 heavy (non-hydrogen) atoms. The van der Waals surface area contributed by atoms with Gasteiger partial charge >= 0.3 is 6.01 Å². The normalized spacial score (nSPS) is 10.1. The molecule has 0 atom stereocenters. The molecule has 0 N–H and O–H groups in total. The first-order valence-corrected chi connectivity index (χ1v) is 5.85. The molecule has 0 amide bonds. The summed E-state index contributed by atoms with van der Waals surface area (Å²) >= 11 is 3.32. The lowest BCUT2D eigenvalue weighted by Crippen LogP contribution is -2.03. The van der Waals surface area contributed by atoms with Crippen LogP contribution in [0.15, 0.2) is 10.7 Å². The maximum atomic E-state index is 5.43. The largest absolute Gasteiger partial charge is 0.477 e. The van der Waals surface area contributed by atoms with Gasteiger partial charge in [0.2, 0.25) is 5.88 Å². The van der Waals surface area contributed by atoms with Gasteiger partial charge in [-0.1, -0.05) is 13.8 Å². The molecule has 0 aliphatic carbocycles. The maximum Gasteiger partial charge on any atom is 0.319 e. The van der Waals surface area contributed by atoms with E-state index in [-0.39, 0.29) is 0 Å². The van der Waals surface area contributed by atoms with E-state index in [0.29, 0.717) is 25.1 Å². The molecule has 5 heteroatoms. The molecule has 0 saturated heterocycles. The second-order valence-corrected chi connectivity index (χ2v) is 3.86. The zero-order valence-corrected chi connectivity index (χ0v) is 10.6. The van der Waals surface area contributed by atoms with Crippen molar-refractivity contribution in [3.63, 3.8) is 0 Å². The molecule has 0 aromatic carbocycles. The molecule has 0 bridgehead atoms. The number of hydrogen-bond acceptors (Lipinski definition) is 4. The molecule has 1 aromatic rings. The second-order valence-electron chi connectivity index (χ2n) is 3.00. The van der Waals surface area contributed by atoms with Gasteiger partial charge in [0, 0.05) is 0 Å². The fraction of sp³-hybridized carbons (Fsp3) is 0.600. The predicted molar refractivity (Wildman–Crippen MR) is 61.3 cm³/mol. The Balaban J connectivity index is 2.66. The smallest absolute Gasteiger partial charge is 0.319 e. The van der Waals surface area contributed by atoms with Gasteiger partial charge in [0.15, 0.2) is 0 Å². The summed E-state index contributed by atoms with van der Waals surface area (Å²) in [5.74, 6) is 0.540. The Labute approximate surface area is 98.2 Å². The number of rotatable bonds is 6. The van der Waals surface area contributed by atoms with Gasteiger partial charge in [-0.05, 0) is 28.8 Å². The van der Waals surface area contributed by atoms with Crippen LogP contribution in [-0.2, 0) is 0 Å². The standard InChI is InChI=1S/C10H15BrN2O2/c1-3-5-14-9-8(11)7-12-10(13-9)15-6-4-2/h7H,3-6H2,1-2H3. The quantitative estimate of drug-likeness (QED) is 0.800. The zero-order chi connectivity index (χ0) is 11.1. The van der Waals surface area contributed by atoms with Crippen molar-refractivity contribution in [2.45, 2.75) is 26.7 Å². The number of ether oxygens (including phenoxy) is 2. The topological polar surface area (TPSA) is 44.2 Å². The van der Waals surface area contributed by atoms with Gasteiger partial charge in [-0.2, -0.15) is 4.98 Å². The monoisotopic (exact) mass is 274 g/mol. The summed E-state index contributed by atoms with van der Waals surface area (Å²) < 4.78 is 11.5. The highest BCUT2D eigenvalue weighted by Gasteiger charge is 2.06. The van der Waals surface area contributed by atoms with Crippen LogP contribution in [0.5, 0.6) is 11.9 Å². The number of hydrogen-bond donors (Lipinski definition) is 0. The fourth-order valence-corrected chi connectivity index (χ4v) is 1.20. The first-order valence-electron chi connectivity index (χ1n) is 5.06. The molecule has 0 fully saturated rings. The van der Waals surface area contributed by atoms with Crippen LogP contribution in [-0.4, -0.2) is 23.2 Å². The van der Waals surface area contributed by atoms with E-state index in [0.717, 1.165) is 17.3 Å². The molecule has 0 radical (unpaired) electrons. The minimum Gasteiger partial charge on any atom is -0.477 e. The molecule has 0 aliphatic heterocycles. The zero-order valence-electron chi connectivity index (χ0n) is 8.99. The van der Waals surface area contributed by atoms with Crippen LogP contribution in [0.25, 0.3) is 0 Å². The molecule has 0 spiro atoms. The average molecular weight is 275 g/mol. The Morgan fingerprint density at radius 1 is 1.20 bits per heavy atom. The van der Waals surface area contributed by atoms with Crippen molar-refractivity contribution in [3.05, 3.63) is 10.7 Å². The Bertz CT molecular complexity index is 307. The summed E-state index contributed by atoms with van der Waals surface area (Å²) in [6.45, 7) is 5.34. The molecule has 0 saturated carbocycles. The van der Waals surface area contributed by atoms with Crippen LogP contribution in [0, 0.1) is 0 Å². The van der Waals surface area contributed by atoms with E-state index in [1.54, 1.807) is 6.20 Å². The molecule has 84 valence electrons. The first-order chi connectivity index (χ1) is 7.27. The highest BCUT2D eigenvalue weighted by Crippen LogP contribution is 2.23. The summed E-state index contributed by atoms with van der Waals surface area (Å²) in [5, 5.41) is 0. The first kappa shape index (κ1) is 12.2. The maximum absolute atomic E-state index is 5.43. The third-order valence-corrected chi connectivity index (χ3v) is 2.11. The van der Waals surface area contributed by atoms with E-state index in [1.807, 2.05) is 13.8 Å². The van der Waals surface area contributed by atoms with E-state index < -0.39 is 0 Å². The third kappa shape index (κ3) is 4.03. The lowest BCUT2D eigenvalue weighted by molar-refractivity contribution is 0.269. The van der Waals surface area contributed by atoms with Crippen molar-refractivity contribution >= 4 is 15.9 Å². The van der Waals surface area contributed by atoms with Crippen molar-refractivity contribution in [1.82, 2.24) is 9.97 Å². The summed E-state index contributed by atoms with van der Waals surface area (Å²) in [6, 6.07) is 0.367. The minimum atomic E-state index is 0.367. The van der Waals surface area contributed by atoms with E-state index in [1.165, 1.54) is 0 Å². The Hall–Kier alpha value is -0.840. The molecular formula is C10H15BrN2O2. The van der Waals surface area contributed by atoms with Gasteiger partial charge in [0.05, 0.1) is 23.9 Å². The summed E-state index contributed by atoms with van der Waals surface area (Å²) in [5.41, 5.74) is 0. The highest BCUT2D eigenvalue weighted by molar-refractivity contribution is 9.10. The van der Waals surface area contributed by atoms with Crippen molar-refractivity contribution in [1.29, 1.82) is 0 Å². The van der Waals surface area contributed by atoms with E-state index >= 15 is 0 Å². The summed E-state index contributed by atoms with van der Waals surface area (Å²) in [4.78, 5) is 8.17. The number of aromatic nitrogens is 2. The SMILES string of the molecule is CCCOc1ncc(Br)c(OCCC)n1. The second kappa shape index (κ2) is 6.61. The fourth-order valence-electron chi connectivity index (χ4n) is 0.899. The van der Waals surface area contributed by atoms with E-state index in [9.17, 15) is 0 Å². The lowest BCUT2D eigenvalue weighted by atomic mass is 10.5. The molecule has 0 unspecified atom stereocenters. The molecule has 4 nitrogen and oxygen atoms in total. The Kier molecular flexibility index (Phi) is 5.39. The molecule has 1 rings (SSSR count). The van der Waals surface area contributed by atoms with Gasteiger partial charge in [0.25, 0.3) is 0 Å². The number of halogens is 1. The van der Waals surface area contributed by atoms with Crippen LogP contribution < -0.4 is 9.47 Å². The molecular weight excluding hydrogens is 260 g/mol. The minimum absolute atomic E-state index is 0.367. The predicted octanol–water partition coefficient (Wildman–Crippen LogP) is 2.82. The van der Waals surface area contributed by atoms with Crippen LogP contribution in [0.1, 0.15) is 26.7 Å². The van der Waals surface area contributed by atoms with Gasteiger partial charge in [-0.15, -0.1) is 0 Å². The summed E-state index contributed by atoms with van der Waals surface area (Å²) in [6.07, 6.45) is 3.52. The van der Waals surface area contributed by atoms with E-state index in [2.05, 4.69) is 25.9 Å². The molecule has 1 aromatic heterocycles. The van der Waals surface area contributed by atoms with Gasteiger partial charge in [0.1, 0.15) is 0 Å². The van der Waals surface area contributed by atoms with Gasteiger partial charge < -0.3 is 9.47 Å². The highest BCUT2D eigenvalue weighted by atomic mass is 79.9. The van der Waals surface area contributed by atoms with Gasteiger partial charge in [-0.3, -0.25) is 0 Å². The van der Waals surface area contributed by atoms with Crippen molar-refractivity contribution in [2.75, 3.05) is 13.2 Å². The van der Waals surface area contributed by atoms with Crippen molar-refractivity contribution < 1.29 is 9.47 Å². The van der Waals surface area contributed by atoms with Crippen LogP contribution in [0.3, 0.4) is 0 Å². The van der Waals surface area contributed by atoms with Crippen LogP contribution >= 0.6 is 15.9 Å². The third-order valence-electron chi connectivity index (χ3n) is 1.57. The Morgan fingerprint density at radius 2 is 1.87 bits per heavy atom.